The van der Waals surface area contributed by atoms with E-state index < -0.39 is 9.85 Å². The van der Waals surface area contributed by atoms with Gasteiger partial charge in [0.05, 0.1) is 9.85 Å². The molecular weight excluding hydrogens is 283 g/mol. The number of nitro groups is 2. The minimum absolute atomic E-state index is 0.209. The lowest BCUT2D eigenvalue weighted by molar-refractivity contribution is -0.401. The molecule has 0 spiro atoms. The van der Waals surface area contributed by atoms with Crippen LogP contribution in [0.5, 0.6) is 0 Å². The lowest BCUT2D eigenvalue weighted by Gasteiger charge is -2.02. The lowest BCUT2D eigenvalue weighted by Crippen LogP contribution is -1.86. The first kappa shape index (κ1) is 14.1. The van der Waals surface area contributed by atoms with Gasteiger partial charge in [-0.1, -0.05) is 23.2 Å². The second kappa shape index (κ2) is 6.13. The van der Waals surface area contributed by atoms with E-state index in [4.69, 9.17) is 23.2 Å². The standard InChI is InChI=1S/C10H6Cl2N2O4/c11-9-6-8(2-4-14(17)18)10(12)5-7(9)1-3-13(15)16/h1-6H/b3-1+,4-2+. The van der Waals surface area contributed by atoms with E-state index in [1.807, 2.05) is 0 Å². The first-order valence-corrected chi connectivity index (χ1v) is 5.28. The van der Waals surface area contributed by atoms with Gasteiger partial charge in [0.25, 0.3) is 0 Å². The smallest absolute Gasteiger partial charge is 0.235 e. The summed E-state index contributed by atoms with van der Waals surface area (Å²) in [5.41, 5.74) is 0.716. The molecule has 18 heavy (non-hydrogen) atoms. The zero-order valence-electron chi connectivity index (χ0n) is 8.75. The fourth-order valence-electron chi connectivity index (χ4n) is 1.12. The molecule has 0 amide bonds. The third-order valence-electron chi connectivity index (χ3n) is 1.87. The summed E-state index contributed by atoms with van der Waals surface area (Å²) >= 11 is 11.7. The van der Waals surface area contributed by atoms with Crippen molar-refractivity contribution in [3.8, 4) is 0 Å². The van der Waals surface area contributed by atoms with Gasteiger partial charge in [-0.15, -0.1) is 0 Å². The van der Waals surface area contributed by atoms with Crippen molar-refractivity contribution < 1.29 is 9.85 Å². The molecule has 0 aliphatic rings. The molecule has 0 aromatic heterocycles. The topological polar surface area (TPSA) is 86.3 Å². The number of hydrogen-bond acceptors (Lipinski definition) is 4. The number of benzene rings is 1. The first-order chi connectivity index (χ1) is 8.40. The summed E-state index contributed by atoms with van der Waals surface area (Å²) in [4.78, 5) is 19.1. The van der Waals surface area contributed by atoms with Crippen LogP contribution in [0.2, 0.25) is 10.0 Å². The van der Waals surface area contributed by atoms with Crippen LogP contribution in [0.1, 0.15) is 11.1 Å². The monoisotopic (exact) mass is 288 g/mol. The molecule has 0 saturated heterocycles. The maximum atomic E-state index is 10.2. The Labute approximate surface area is 111 Å². The van der Waals surface area contributed by atoms with Crippen LogP contribution in [0, 0.1) is 20.2 Å². The third-order valence-corrected chi connectivity index (χ3v) is 2.52. The Balaban J connectivity index is 3.11. The SMILES string of the molecule is O=[N+]([O-])/C=C/c1cc(Cl)c(/C=C/[N+](=O)[O-])cc1Cl. The van der Waals surface area contributed by atoms with E-state index >= 15 is 0 Å². The van der Waals surface area contributed by atoms with E-state index in [0.29, 0.717) is 11.1 Å². The maximum Gasteiger partial charge on any atom is 0.235 e. The van der Waals surface area contributed by atoms with Crippen LogP contribution in [0.25, 0.3) is 12.2 Å². The molecule has 0 radical (unpaired) electrons. The number of rotatable bonds is 4. The van der Waals surface area contributed by atoms with Crippen LogP contribution in [0.15, 0.2) is 24.5 Å². The second-order valence-corrected chi connectivity index (χ2v) is 3.91. The van der Waals surface area contributed by atoms with Crippen molar-refractivity contribution in [2.45, 2.75) is 0 Å². The van der Waals surface area contributed by atoms with Crippen molar-refractivity contribution in [3.05, 3.63) is 65.9 Å². The minimum atomic E-state index is -0.634. The van der Waals surface area contributed by atoms with Gasteiger partial charge in [0, 0.05) is 33.3 Å². The molecule has 0 aliphatic heterocycles. The summed E-state index contributed by atoms with van der Waals surface area (Å²) in [7, 11) is 0. The molecule has 0 N–H and O–H groups in total. The Morgan fingerprint density at radius 3 is 1.50 bits per heavy atom. The highest BCUT2D eigenvalue weighted by Crippen LogP contribution is 2.27. The van der Waals surface area contributed by atoms with Crippen LogP contribution in [0.3, 0.4) is 0 Å². The maximum absolute atomic E-state index is 10.2. The van der Waals surface area contributed by atoms with E-state index in [9.17, 15) is 20.2 Å². The second-order valence-electron chi connectivity index (χ2n) is 3.10. The molecule has 0 bridgehead atoms. The number of halogens is 2. The first-order valence-electron chi connectivity index (χ1n) is 4.52. The van der Waals surface area contributed by atoms with Crippen molar-refractivity contribution in [2.75, 3.05) is 0 Å². The van der Waals surface area contributed by atoms with Crippen LogP contribution in [-0.2, 0) is 0 Å². The fraction of sp³-hybridized carbons (Fsp3) is 0. The highest BCUT2D eigenvalue weighted by molar-refractivity contribution is 6.35. The molecule has 1 rings (SSSR count). The van der Waals surface area contributed by atoms with Crippen LogP contribution >= 0.6 is 23.2 Å². The Hall–Kier alpha value is -1.92. The zero-order chi connectivity index (χ0) is 13.7. The predicted molar refractivity (Wildman–Crippen MR) is 68.5 cm³/mol. The fourth-order valence-corrected chi connectivity index (χ4v) is 1.59. The summed E-state index contributed by atoms with van der Waals surface area (Å²) < 4.78 is 0. The molecule has 0 saturated carbocycles. The molecule has 8 heteroatoms. The van der Waals surface area contributed by atoms with E-state index in [1.165, 1.54) is 24.3 Å². The molecule has 0 heterocycles. The van der Waals surface area contributed by atoms with Gasteiger partial charge in [-0.25, -0.2) is 0 Å². The van der Waals surface area contributed by atoms with Gasteiger partial charge in [0.1, 0.15) is 0 Å². The third kappa shape index (κ3) is 4.15. The molecule has 0 atom stereocenters. The van der Waals surface area contributed by atoms with Gasteiger partial charge in [0.2, 0.25) is 12.4 Å². The van der Waals surface area contributed by atoms with Crippen molar-refractivity contribution in [1.29, 1.82) is 0 Å². The van der Waals surface area contributed by atoms with Crippen molar-refractivity contribution in [3.63, 3.8) is 0 Å². The van der Waals surface area contributed by atoms with Crippen molar-refractivity contribution in [1.82, 2.24) is 0 Å². The molecule has 6 nitrogen and oxygen atoms in total. The molecule has 94 valence electrons. The largest absolute Gasteiger partial charge is 0.259 e. The predicted octanol–water partition coefficient (Wildman–Crippen LogP) is 3.49. The van der Waals surface area contributed by atoms with Gasteiger partial charge in [-0.3, -0.25) is 20.2 Å². The van der Waals surface area contributed by atoms with Crippen molar-refractivity contribution in [2.24, 2.45) is 0 Å². The van der Waals surface area contributed by atoms with Gasteiger partial charge in [-0.2, -0.15) is 0 Å². The molecule has 0 aliphatic carbocycles. The summed E-state index contributed by atoms with van der Waals surface area (Å²) in [5.74, 6) is 0. The summed E-state index contributed by atoms with van der Waals surface area (Å²) in [5, 5.41) is 20.8. The van der Waals surface area contributed by atoms with Gasteiger partial charge >= 0.3 is 0 Å². The lowest BCUT2D eigenvalue weighted by atomic mass is 10.1. The number of nitrogens with zero attached hydrogens (tertiary/aromatic N) is 2. The average molecular weight is 289 g/mol. The van der Waals surface area contributed by atoms with Gasteiger partial charge < -0.3 is 0 Å². The van der Waals surface area contributed by atoms with E-state index in [2.05, 4.69) is 0 Å². The van der Waals surface area contributed by atoms with E-state index in [1.54, 1.807) is 0 Å². The van der Waals surface area contributed by atoms with Crippen LogP contribution < -0.4 is 0 Å². The van der Waals surface area contributed by atoms with Gasteiger partial charge in [-0.05, 0) is 12.1 Å². The molecule has 0 fully saturated rings. The zero-order valence-corrected chi connectivity index (χ0v) is 10.3. The summed E-state index contributed by atoms with van der Waals surface area (Å²) in [6.45, 7) is 0. The van der Waals surface area contributed by atoms with Crippen molar-refractivity contribution >= 4 is 35.4 Å². The number of hydrogen-bond donors (Lipinski definition) is 0. The average Bonchev–Trinajstić information content (AvgIpc) is 2.27. The summed E-state index contributed by atoms with van der Waals surface area (Å²) in [6, 6.07) is 2.78. The van der Waals surface area contributed by atoms with Crippen LogP contribution in [0.4, 0.5) is 0 Å². The minimum Gasteiger partial charge on any atom is -0.259 e. The molecule has 0 unspecified atom stereocenters. The quantitative estimate of drug-likeness (QED) is 0.627. The van der Waals surface area contributed by atoms with Crippen LogP contribution in [-0.4, -0.2) is 9.85 Å². The Morgan fingerprint density at radius 2 is 1.22 bits per heavy atom. The Morgan fingerprint density at radius 1 is 0.889 bits per heavy atom. The summed E-state index contributed by atoms with van der Waals surface area (Å²) in [6.07, 6.45) is 3.83. The molecular formula is C10H6Cl2N2O4. The normalized spacial score (nSPS) is 11.2. The highest BCUT2D eigenvalue weighted by Gasteiger charge is 2.05. The van der Waals surface area contributed by atoms with E-state index in [0.717, 1.165) is 12.4 Å². The molecule has 1 aromatic rings. The van der Waals surface area contributed by atoms with E-state index in [-0.39, 0.29) is 10.0 Å². The molecule has 1 aromatic carbocycles. The highest BCUT2D eigenvalue weighted by atomic mass is 35.5. The Kier molecular flexibility index (Phi) is 4.82. The Bertz CT molecular complexity index is 505. The van der Waals surface area contributed by atoms with Gasteiger partial charge in [0.15, 0.2) is 0 Å².